The van der Waals surface area contributed by atoms with Gasteiger partial charge in [-0.25, -0.2) is 13.6 Å². The van der Waals surface area contributed by atoms with E-state index in [1.165, 1.54) is 18.2 Å². The van der Waals surface area contributed by atoms with E-state index in [1.54, 1.807) is 0 Å². The Bertz CT molecular complexity index is 970. The molecular formula is C17H12F5N4O+. The van der Waals surface area contributed by atoms with Crippen LogP contribution in [-0.4, -0.2) is 34.5 Å². The molecule has 10 heteroatoms. The smallest absolute Gasteiger partial charge is 0.271 e. The average Bonchev–Trinajstić information content (AvgIpc) is 2.94. The summed E-state index contributed by atoms with van der Waals surface area (Å²) >= 11 is 0. The van der Waals surface area contributed by atoms with Gasteiger partial charge in [0.15, 0.2) is 5.70 Å². The van der Waals surface area contributed by atoms with E-state index in [9.17, 15) is 26.7 Å². The number of benzene rings is 1. The lowest BCUT2D eigenvalue weighted by Gasteiger charge is -2.24. The van der Waals surface area contributed by atoms with Gasteiger partial charge in [-0.15, -0.1) is 0 Å². The summed E-state index contributed by atoms with van der Waals surface area (Å²) in [5.41, 5.74) is -1.95. The van der Waals surface area contributed by atoms with Crippen molar-refractivity contribution in [2.24, 2.45) is 5.10 Å². The molecule has 27 heavy (non-hydrogen) atoms. The Morgan fingerprint density at radius 2 is 1.85 bits per heavy atom. The minimum atomic E-state index is -4.84. The number of hydrogen-bond donors (Lipinski definition) is 1. The van der Waals surface area contributed by atoms with Gasteiger partial charge < -0.3 is 0 Å². The third kappa shape index (κ3) is 3.56. The van der Waals surface area contributed by atoms with E-state index in [0.717, 1.165) is 31.6 Å². The van der Waals surface area contributed by atoms with Gasteiger partial charge in [0.2, 0.25) is 5.71 Å². The fourth-order valence-electron chi connectivity index (χ4n) is 2.54. The molecule has 1 aliphatic rings. The first-order valence-corrected chi connectivity index (χ1v) is 7.54. The van der Waals surface area contributed by atoms with Crippen molar-refractivity contribution in [1.29, 1.82) is 0 Å². The molecule has 2 amide bonds. The van der Waals surface area contributed by atoms with E-state index in [-0.39, 0.29) is 16.9 Å². The molecule has 1 unspecified atom stereocenters. The summed E-state index contributed by atoms with van der Waals surface area (Å²) < 4.78 is 65.7. The molecule has 0 saturated carbocycles. The Hall–Kier alpha value is -3.14. The fraction of sp³-hybridized carbons (Fsp3) is 0.118. The third-order valence-electron chi connectivity index (χ3n) is 3.84. The highest BCUT2D eigenvalue weighted by Gasteiger charge is 2.50. The van der Waals surface area contributed by atoms with E-state index in [1.807, 2.05) is 0 Å². The number of nitrogens with one attached hydrogen (secondary N) is 1. The molecule has 1 aliphatic heterocycles. The summed E-state index contributed by atoms with van der Waals surface area (Å²) in [5.74, 6) is -1.56. The SMILES string of the molecule is C[N+]1(C(=O)Nc2cncc(F)c2)N=C(C(F)(F)F)C=C1c1ccccc1F. The molecule has 5 nitrogen and oxygen atoms in total. The second-order valence-corrected chi connectivity index (χ2v) is 5.77. The monoisotopic (exact) mass is 383 g/mol. The molecule has 0 spiro atoms. The molecule has 1 aromatic carbocycles. The number of hydrogen-bond acceptors (Lipinski definition) is 3. The van der Waals surface area contributed by atoms with Gasteiger partial charge in [-0.3, -0.25) is 10.3 Å². The predicted molar refractivity (Wildman–Crippen MR) is 87.3 cm³/mol. The van der Waals surface area contributed by atoms with E-state index < -0.39 is 34.1 Å². The molecule has 0 bridgehead atoms. The minimum Gasteiger partial charge on any atom is -0.271 e. The first-order chi connectivity index (χ1) is 12.6. The van der Waals surface area contributed by atoms with Crippen LogP contribution in [0.4, 0.5) is 32.4 Å². The van der Waals surface area contributed by atoms with Crippen LogP contribution in [0.15, 0.2) is 53.9 Å². The number of aromatic nitrogens is 1. The zero-order valence-electron chi connectivity index (χ0n) is 13.8. The summed E-state index contributed by atoms with van der Waals surface area (Å²) in [4.78, 5) is 16.2. The number of alkyl halides is 3. The van der Waals surface area contributed by atoms with E-state index in [2.05, 4.69) is 15.4 Å². The summed E-state index contributed by atoms with van der Waals surface area (Å²) in [5, 5.41) is 5.70. The number of carbonyl (C=O) groups is 1. The van der Waals surface area contributed by atoms with Gasteiger partial charge in [-0.1, -0.05) is 21.8 Å². The Kier molecular flexibility index (Phi) is 4.52. The zero-order chi connectivity index (χ0) is 19.8. The van der Waals surface area contributed by atoms with Crippen molar-refractivity contribution in [2.75, 3.05) is 12.4 Å². The topological polar surface area (TPSA) is 54.4 Å². The molecule has 3 rings (SSSR count). The van der Waals surface area contributed by atoms with Crippen LogP contribution in [0.1, 0.15) is 5.56 Å². The number of halogens is 5. The van der Waals surface area contributed by atoms with Gasteiger partial charge in [0.25, 0.3) is 0 Å². The summed E-state index contributed by atoms with van der Waals surface area (Å²) in [6.45, 7) is 0. The lowest BCUT2D eigenvalue weighted by Crippen LogP contribution is -2.44. The van der Waals surface area contributed by atoms with Crippen LogP contribution < -0.4 is 5.32 Å². The highest BCUT2D eigenvalue weighted by atomic mass is 19.4. The van der Waals surface area contributed by atoms with Gasteiger partial charge >= 0.3 is 12.2 Å². The van der Waals surface area contributed by atoms with Crippen LogP contribution in [0.25, 0.3) is 5.70 Å². The summed E-state index contributed by atoms with van der Waals surface area (Å²) in [6, 6.07) is 4.97. The molecule has 140 valence electrons. The maximum atomic E-state index is 14.2. The largest absolute Gasteiger partial charge is 0.452 e. The molecule has 1 N–H and O–H groups in total. The summed E-state index contributed by atoms with van der Waals surface area (Å²) in [6.07, 6.45) is -2.22. The van der Waals surface area contributed by atoms with Crippen LogP contribution in [0.2, 0.25) is 0 Å². The lowest BCUT2D eigenvalue weighted by atomic mass is 10.1. The second kappa shape index (κ2) is 6.54. The predicted octanol–water partition coefficient (Wildman–Crippen LogP) is 4.31. The maximum absolute atomic E-state index is 14.2. The average molecular weight is 383 g/mol. The third-order valence-corrected chi connectivity index (χ3v) is 3.84. The van der Waals surface area contributed by atoms with Gasteiger partial charge in [-0.2, -0.15) is 13.2 Å². The van der Waals surface area contributed by atoms with Crippen molar-refractivity contribution in [3.8, 4) is 0 Å². The summed E-state index contributed by atoms with van der Waals surface area (Å²) in [7, 11) is 1.07. The molecule has 1 atom stereocenters. The Morgan fingerprint density at radius 1 is 1.15 bits per heavy atom. The second-order valence-electron chi connectivity index (χ2n) is 5.77. The van der Waals surface area contributed by atoms with Crippen LogP contribution >= 0.6 is 0 Å². The number of urea groups is 1. The number of anilines is 1. The highest BCUT2D eigenvalue weighted by molar-refractivity contribution is 6.07. The molecule has 0 radical (unpaired) electrons. The van der Waals surface area contributed by atoms with Crippen LogP contribution in [0, 0.1) is 11.6 Å². The van der Waals surface area contributed by atoms with Crippen molar-refractivity contribution < 1.29 is 31.3 Å². The van der Waals surface area contributed by atoms with Gasteiger partial charge in [0.05, 0.1) is 23.6 Å². The van der Waals surface area contributed by atoms with Crippen molar-refractivity contribution in [3.63, 3.8) is 0 Å². The molecule has 0 aliphatic carbocycles. The van der Waals surface area contributed by atoms with Gasteiger partial charge in [-0.05, 0) is 12.1 Å². The van der Waals surface area contributed by atoms with Gasteiger partial charge in [0.1, 0.15) is 18.7 Å². The molecule has 1 aromatic heterocycles. The molecule has 2 heterocycles. The van der Waals surface area contributed by atoms with Crippen LogP contribution in [0.3, 0.4) is 0 Å². The van der Waals surface area contributed by atoms with E-state index in [4.69, 9.17) is 0 Å². The number of rotatable bonds is 2. The standard InChI is InChI=1S/C17H11F5N4O/c1-26(16(27)24-11-6-10(18)8-23-9-11)14(7-15(25-26)17(20,21)22)12-4-2-3-5-13(12)19/h2-9H,1H3/p+1. The van der Waals surface area contributed by atoms with Crippen molar-refractivity contribution in [3.05, 3.63) is 66.0 Å². The Labute approximate surface area is 150 Å². The minimum absolute atomic E-state index is 0.0807. The van der Waals surface area contributed by atoms with Crippen LogP contribution in [0.5, 0.6) is 0 Å². The van der Waals surface area contributed by atoms with E-state index >= 15 is 0 Å². The number of allylic oxidation sites excluding steroid dienone is 1. The Balaban J connectivity index is 2.06. The quantitative estimate of drug-likeness (QED) is 0.621. The first kappa shape index (κ1) is 18.6. The normalized spacial score (nSPS) is 19.5. The van der Waals surface area contributed by atoms with Crippen molar-refractivity contribution in [1.82, 2.24) is 4.98 Å². The number of carbonyl (C=O) groups excluding carboxylic acids is 1. The number of quaternary nitrogens is 1. The highest BCUT2D eigenvalue weighted by Crippen LogP contribution is 2.37. The molecule has 2 aromatic rings. The molecular weight excluding hydrogens is 371 g/mol. The number of nitrogens with zero attached hydrogens (tertiary/aromatic N) is 3. The van der Waals surface area contributed by atoms with Crippen molar-refractivity contribution in [2.45, 2.75) is 6.18 Å². The van der Waals surface area contributed by atoms with Crippen LogP contribution in [-0.2, 0) is 0 Å². The number of amides is 2. The Morgan fingerprint density at radius 3 is 2.48 bits per heavy atom. The van der Waals surface area contributed by atoms with Gasteiger partial charge in [0, 0.05) is 12.1 Å². The fourth-order valence-corrected chi connectivity index (χ4v) is 2.54. The van der Waals surface area contributed by atoms with E-state index in [0.29, 0.717) is 6.08 Å². The molecule has 0 fully saturated rings. The maximum Gasteiger partial charge on any atom is 0.452 e. The van der Waals surface area contributed by atoms with Crippen molar-refractivity contribution >= 4 is 23.1 Å². The first-order valence-electron chi connectivity index (χ1n) is 7.54. The lowest BCUT2D eigenvalue weighted by molar-refractivity contribution is -0.756. The zero-order valence-corrected chi connectivity index (χ0v) is 13.8. The molecule has 0 saturated heterocycles. The number of pyridine rings is 1.